The van der Waals surface area contributed by atoms with E-state index in [0.717, 1.165) is 0 Å². The van der Waals surface area contributed by atoms with Crippen molar-refractivity contribution in [2.24, 2.45) is 0 Å². The molecule has 0 aliphatic carbocycles. The first-order chi connectivity index (χ1) is 4.83. The summed E-state index contributed by atoms with van der Waals surface area (Å²) in [4.78, 5) is 19.2. The van der Waals surface area contributed by atoms with Crippen molar-refractivity contribution in [2.45, 2.75) is 12.7 Å². The minimum atomic E-state index is -0.865. The minimum absolute atomic E-state index is 0.426. The molecule has 5 nitrogen and oxygen atoms in total. The summed E-state index contributed by atoms with van der Waals surface area (Å²) in [6.45, 7) is 0.426. The highest BCUT2D eigenvalue weighted by molar-refractivity contribution is 5.60. The van der Waals surface area contributed by atoms with E-state index in [1.807, 2.05) is 0 Å². The Hall–Kier alpha value is -0.810. The molecule has 1 unspecified atom stereocenters. The Morgan fingerprint density at radius 3 is 3.00 bits per heavy atom. The molecule has 0 aromatic heterocycles. The maximum atomic E-state index is 10.3. The first-order valence-electron chi connectivity index (χ1n) is 2.74. The fraction of sp³-hybridized carbons (Fsp3) is 0.600. The fourth-order valence-corrected chi connectivity index (χ4v) is 0.536. The van der Waals surface area contributed by atoms with Crippen LogP contribution in [0.25, 0.3) is 0 Å². The molecule has 0 spiro atoms. The van der Waals surface area contributed by atoms with Gasteiger partial charge in [0, 0.05) is 6.42 Å². The Morgan fingerprint density at radius 2 is 2.50 bits per heavy atom. The quantitative estimate of drug-likeness (QED) is 0.401. The number of hydrogen-bond donors (Lipinski definition) is 0. The van der Waals surface area contributed by atoms with Crippen LogP contribution < -0.4 is 0 Å². The van der Waals surface area contributed by atoms with Gasteiger partial charge in [0.25, 0.3) is 0 Å². The number of carbonyl (C=O) groups is 1. The number of hydrogen-bond acceptors (Lipinski definition) is 5. The summed E-state index contributed by atoms with van der Waals surface area (Å²) < 4.78 is 8.46. The van der Waals surface area contributed by atoms with Crippen molar-refractivity contribution in [3.05, 3.63) is 7.11 Å². The van der Waals surface area contributed by atoms with Gasteiger partial charge in [0.1, 0.15) is 7.11 Å². The van der Waals surface area contributed by atoms with Crippen LogP contribution in [0.3, 0.4) is 0 Å². The molecular formula is C5H7O5. The molecule has 1 radical (unpaired) electrons. The molecule has 1 atom stereocenters. The van der Waals surface area contributed by atoms with Crippen molar-refractivity contribution in [3.63, 3.8) is 0 Å². The summed E-state index contributed by atoms with van der Waals surface area (Å²) in [6.07, 6.45) is -0.987. The van der Waals surface area contributed by atoms with Gasteiger partial charge < -0.3 is 9.47 Å². The number of rotatable bonds is 1. The number of carbonyl (C=O) groups excluding carboxylic acids is 1. The minimum Gasteiger partial charge on any atom is -0.431 e. The summed E-state index contributed by atoms with van der Waals surface area (Å²) in [5, 5.41) is 0. The van der Waals surface area contributed by atoms with Gasteiger partial charge in [-0.2, -0.15) is 4.89 Å². The first kappa shape index (κ1) is 7.30. The molecule has 1 heterocycles. The molecule has 0 aromatic carbocycles. The molecule has 1 aliphatic rings. The topological polar surface area (TPSA) is 54.0 Å². The Balaban J connectivity index is 2.17. The summed E-state index contributed by atoms with van der Waals surface area (Å²) >= 11 is 0. The molecule has 0 N–H and O–H groups in total. The lowest BCUT2D eigenvalue weighted by molar-refractivity contribution is -0.317. The van der Waals surface area contributed by atoms with E-state index in [4.69, 9.17) is 0 Å². The molecule has 1 fully saturated rings. The predicted molar refractivity (Wildman–Crippen MR) is 28.4 cm³/mol. The van der Waals surface area contributed by atoms with Gasteiger partial charge in [-0.3, -0.25) is 0 Å². The van der Waals surface area contributed by atoms with Gasteiger partial charge in [-0.05, 0) is 0 Å². The smallest absolute Gasteiger partial charge is 0.431 e. The van der Waals surface area contributed by atoms with Gasteiger partial charge in [0.2, 0.25) is 6.29 Å². The Kier molecular flexibility index (Phi) is 2.47. The fourth-order valence-electron chi connectivity index (χ4n) is 0.536. The largest absolute Gasteiger partial charge is 0.510 e. The van der Waals surface area contributed by atoms with Crippen LogP contribution in [0.5, 0.6) is 0 Å². The van der Waals surface area contributed by atoms with E-state index in [1.54, 1.807) is 0 Å². The second-order valence-corrected chi connectivity index (χ2v) is 1.65. The van der Waals surface area contributed by atoms with Crippen LogP contribution in [-0.4, -0.2) is 19.1 Å². The Bertz CT molecular complexity index is 117. The predicted octanol–water partition coefficient (Wildman–Crippen LogP) is 0.609. The zero-order valence-electron chi connectivity index (χ0n) is 5.24. The molecular weight excluding hydrogens is 140 g/mol. The monoisotopic (exact) mass is 147 g/mol. The average Bonchev–Trinajstić information content (AvgIpc) is 2.40. The third-order valence-electron chi connectivity index (χ3n) is 0.958. The van der Waals surface area contributed by atoms with Gasteiger partial charge in [0.15, 0.2) is 0 Å². The van der Waals surface area contributed by atoms with Gasteiger partial charge in [-0.15, -0.1) is 0 Å². The average molecular weight is 147 g/mol. The summed E-state index contributed by atoms with van der Waals surface area (Å²) in [5.41, 5.74) is 0. The summed E-state index contributed by atoms with van der Waals surface area (Å²) in [7, 11) is 2.86. The highest BCUT2D eigenvalue weighted by Crippen LogP contribution is 2.10. The second kappa shape index (κ2) is 3.38. The first-order valence-corrected chi connectivity index (χ1v) is 2.74. The van der Waals surface area contributed by atoms with Crippen molar-refractivity contribution in [3.8, 4) is 0 Å². The molecule has 1 rings (SSSR count). The van der Waals surface area contributed by atoms with Crippen LogP contribution in [0.2, 0.25) is 0 Å². The third-order valence-corrected chi connectivity index (χ3v) is 0.958. The van der Waals surface area contributed by atoms with Crippen molar-refractivity contribution in [1.29, 1.82) is 0 Å². The van der Waals surface area contributed by atoms with Crippen LogP contribution in [0.4, 0.5) is 4.79 Å². The van der Waals surface area contributed by atoms with E-state index in [0.29, 0.717) is 13.0 Å². The van der Waals surface area contributed by atoms with Crippen LogP contribution in [-0.2, 0) is 19.2 Å². The van der Waals surface area contributed by atoms with Crippen molar-refractivity contribution in [1.82, 2.24) is 0 Å². The van der Waals surface area contributed by atoms with E-state index in [1.165, 1.54) is 0 Å². The van der Waals surface area contributed by atoms with Gasteiger partial charge in [-0.1, -0.05) is 0 Å². The maximum Gasteiger partial charge on any atom is 0.510 e. The van der Waals surface area contributed by atoms with E-state index in [9.17, 15) is 4.79 Å². The molecule has 0 bridgehead atoms. The Morgan fingerprint density at radius 1 is 1.70 bits per heavy atom. The zero-order valence-corrected chi connectivity index (χ0v) is 5.24. The molecule has 1 saturated heterocycles. The number of ether oxygens (including phenoxy) is 2. The maximum absolute atomic E-state index is 10.3. The van der Waals surface area contributed by atoms with E-state index in [2.05, 4.69) is 26.4 Å². The molecule has 0 amide bonds. The van der Waals surface area contributed by atoms with Crippen LogP contribution in [0, 0.1) is 7.11 Å². The zero-order chi connectivity index (χ0) is 7.40. The third kappa shape index (κ3) is 1.85. The molecule has 1 aliphatic heterocycles. The lowest BCUT2D eigenvalue weighted by Gasteiger charge is -2.05. The van der Waals surface area contributed by atoms with Crippen molar-refractivity contribution in [2.75, 3.05) is 6.61 Å². The normalized spacial score (nSPS) is 24.3. The summed E-state index contributed by atoms with van der Waals surface area (Å²) in [6, 6.07) is 0. The van der Waals surface area contributed by atoms with Crippen LogP contribution in [0.15, 0.2) is 0 Å². The SMILES string of the molecule is [CH2]OC(=O)OC1CCOO1. The molecule has 0 saturated carbocycles. The highest BCUT2D eigenvalue weighted by atomic mass is 17.2. The van der Waals surface area contributed by atoms with Crippen LogP contribution >= 0.6 is 0 Å². The standard InChI is InChI=1S/C5H7O5/c1-7-5(6)9-4-2-3-8-10-4/h4H,1-3H2. The summed E-state index contributed by atoms with van der Waals surface area (Å²) in [5.74, 6) is 0. The second-order valence-electron chi connectivity index (χ2n) is 1.65. The molecule has 5 heteroatoms. The Labute approximate surface area is 57.7 Å². The molecule has 10 heavy (non-hydrogen) atoms. The van der Waals surface area contributed by atoms with Gasteiger partial charge in [-0.25, -0.2) is 9.68 Å². The van der Waals surface area contributed by atoms with Crippen LogP contribution in [0.1, 0.15) is 6.42 Å². The van der Waals surface area contributed by atoms with E-state index < -0.39 is 12.4 Å². The molecule has 57 valence electrons. The van der Waals surface area contributed by atoms with E-state index >= 15 is 0 Å². The van der Waals surface area contributed by atoms with E-state index in [-0.39, 0.29) is 0 Å². The molecule has 0 aromatic rings. The highest BCUT2D eigenvalue weighted by Gasteiger charge is 2.21. The lowest BCUT2D eigenvalue weighted by atomic mass is 10.5. The van der Waals surface area contributed by atoms with Crippen molar-refractivity contribution >= 4 is 6.16 Å². The van der Waals surface area contributed by atoms with Crippen molar-refractivity contribution < 1.29 is 24.0 Å². The van der Waals surface area contributed by atoms with Gasteiger partial charge >= 0.3 is 6.16 Å². The lowest BCUT2D eigenvalue weighted by Crippen LogP contribution is -2.15. The van der Waals surface area contributed by atoms with Gasteiger partial charge in [0.05, 0.1) is 6.61 Å².